The monoisotopic (exact) mass is 385 g/mol. The Morgan fingerprint density at radius 2 is 1.86 bits per heavy atom. The highest BCUT2D eigenvalue weighted by molar-refractivity contribution is 5.92. The number of hydrogen-bond acceptors (Lipinski definition) is 6. The largest absolute Gasteiger partial charge is 0.376 e. The van der Waals surface area contributed by atoms with Crippen LogP contribution in [-0.4, -0.2) is 61.3 Å². The molecule has 1 aromatic heterocycles. The molecule has 4 rings (SSSR count). The second kappa shape index (κ2) is 8.52. The lowest BCUT2D eigenvalue weighted by Gasteiger charge is -2.36. The van der Waals surface area contributed by atoms with Crippen molar-refractivity contribution in [2.24, 2.45) is 0 Å². The van der Waals surface area contributed by atoms with Crippen LogP contribution in [0.25, 0.3) is 0 Å². The Kier molecular flexibility index (Phi) is 5.66. The van der Waals surface area contributed by atoms with Gasteiger partial charge in [-0.15, -0.1) is 0 Å². The molecule has 28 heavy (non-hydrogen) atoms. The molecule has 0 radical (unpaired) electrons. The zero-order valence-corrected chi connectivity index (χ0v) is 15.7. The van der Waals surface area contributed by atoms with E-state index < -0.39 is 0 Å². The molecular weight excluding hydrogens is 361 g/mol. The predicted molar refractivity (Wildman–Crippen MR) is 104 cm³/mol. The van der Waals surface area contributed by atoms with E-state index in [1.54, 1.807) is 18.3 Å². The van der Waals surface area contributed by atoms with E-state index in [4.69, 9.17) is 4.74 Å². The van der Waals surface area contributed by atoms with Crippen molar-refractivity contribution in [2.75, 3.05) is 49.1 Å². The van der Waals surface area contributed by atoms with E-state index in [0.717, 1.165) is 57.1 Å². The number of hydrogen-bond donors (Lipinski definition) is 1. The van der Waals surface area contributed by atoms with E-state index in [1.807, 2.05) is 0 Å². The topological polar surface area (TPSA) is 70.6 Å². The average molecular weight is 385 g/mol. The number of rotatable bonds is 5. The fourth-order valence-electron chi connectivity index (χ4n) is 3.55. The van der Waals surface area contributed by atoms with Gasteiger partial charge in [0.05, 0.1) is 18.5 Å². The molecule has 0 saturated carbocycles. The normalized spacial score (nSPS) is 19.7. The first kappa shape index (κ1) is 18.6. The van der Waals surface area contributed by atoms with Gasteiger partial charge in [-0.1, -0.05) is 0 Å². The van der Waals surface area contributed by atoms with Crippen LogP contribution in [0.15, 0.2) is 36.7 Å². The standard InChI is InChI=1S/C20H24FN5O2/c21-15-3-5-16(6-4-15)25-7-9-26(10-8-25)19-14-22-18(13-23-19)20(27)24-12-17-2-1-11-28-17/h3-6,13-14,17H,1-2,7-12H2,(H,24,27). The number of carbonyl (C=O) groups excluding carboxylic acids is 1. The third-order valence-corrected chi connectivity index (χ3v) is 5.18. The van der Waals surface area contributed by atoms with E-state index in [-0.39, 0.29) is 17.8 Å². The van der Waals surface area contributed by atoms with Crippen LogP contribution in [0, 0.1) is 5.82 Å². The quantitative estimate of drug-likeness (QED) is 0.847. The van der Waals surface area contributed by atoms with Gasteiger partial charge in [-0.05, 0) is 37.1 Å². The van der Waals surface area contributed by atoms with E-state index in [0.29, 0.717) is 12.2 Å². The number of carbonyl (C=O) groups is 1. The van der Waals surface area contributed by atoms with Crippen LogP contribution < -0.4 is 15.1 Å². The van der Waals surface area contributed by atoms with Crippen molar-refractivity contribution >= 4 is 17.4 Å². The van der Waals surface area contributed by atoms with Crippen LogP contribution >= 0.6 is 0 Å². The van der Waals surface area contributed by atoms with Gasteiger partial charge in [0.1, 0.15) is 17.3 Å². The SMILES string of the molecule is O=C(NCC1CCCO1)c1cnc(N2CCN(c3ccc(F)cc3)CC2)cn1. The minimum absolute atomic E-state index is 0.105. The molecule has 2 aliphatic heterocycles. The molecule has 0 spiro atoms. The van der Waals surface area contributed by atoms with Gasteiger partial charge in [-0.3, -0.25) is 4.79 Å². The lowest BCUT2D eigenvalue weighted by molar-refractivity contribution is 0.0853. The number of piperazine rings is 1. The third kappa shape index (κ3) is 4.39. The number of halogens is 1. The molecule has 0 bridgehead atoms. The number of ether oxygens (including phenoxy) is 1. The van der Waals surface area contributed by atoms with Crippen LogP contribution in [-0.2, 0) is 4.74 Å². The number of nitrogens with zero attached hydrogens (tertiary/aromatic N) is 4. The van der Waals surface area contributed by atoms with Gasteiger partial charge >= 0.3 is 0 Å². The molecule has 2 aliphatic rings. The first-order chi connectivity index (χ1) is 13.7. The van der Waals surface area contributed by atoms with Crippen LogP contribution in [0.1, 0.15) is 23.3 Å². The Balaban J connectivity index is 1.29. The fourth-order valence-corrected chi connectivity index (χ4v) is 3.55. The predicted octanol–water partition coefficient (Wildman–Crippen LogP) is 1.85. The van der Waals surface area contributed by atoms with Crippen molar-refractivity contribution in [2.45, 2.75) is 18.9 Å². The Morgan fingerprint density at radius 3 is 2.50 bits per heavy atom. The van der Waals surface area contributed by atoms with Gasteiger partial charge in [0.2, 0.25) is 0 Å². The molecule has 1 unspecified atom stereocenters. The highest BCUT2D eigenvalue weighted by Crippen LogP contribution is 2.19. The van der Waals surface area contributed by atoms with E-state index in [2.05, 4.69) is 25.1 Å². The lowest BCUT2D eigenvalue weighted by Crippen LogP contribution is -2.46. The summed E-state index contributed by atoms with van der Waals surface area (Å²) in [6.45, 7) is 4.48. The molecule has 8 heteroatoms. The van der Waals surface area contributed by atoms with Gasteiger partial charge in [-0.25, -0.2) is 14.4 Å². The molecule has 1 N–H and O–H groups in total. The van der Waals surface area contributed by atoms with Crippen LogP contribution in [0.5, 0.6) is 0 Å². The zero-order chi connectivity index (χ0) is 19.3. The van der Waals surface area contributed by atoms with Crippen LogP contribution in [0.4, 0.5) is 15.9 Å². The molecule has 148 valence electrons. The second-order valence-electron chi connectivity index (χ2n) is 7.06. The minimum Gasteiger partial charge on any atom is -0.376 e. The molecule has 1 aromatic carbocycles. The Labute approximate surface area is 163 Å². The molecule has 2 saturated heterocycles. The maximum atomic E-state index is 13.1. The van der Waals surface area contributed by atoms with E-state index in [1.165, 1.54) is 18.3 Å². The van der Waals surface area contributed by atoms with Crippen molar-refractivity contribution in [3.63, 3.8) is 0 Å². The lowest BCUT2D eigenvalue weighted by atomic mass is 10.2. The Bertz CT molecular complexity index is 785. The van der Waals surface area contributed by atoms with E-state index in [9.17, 15) is 9.18 Å². The highest BCUT2D eigenvalue weighted by Gasteiger charge is 2.20. The Morgan fingerprint density at radius 1 is 1.11 bits per heavy atom. The van der Waals surface area contributed by atoms with Crippen LogP contribution in [0.3, 0.4) is 0 Å². The average Bonchev–Trinajstić information content (AvgIpc) is 3.27. The summed E-state index contributed by atoms with van der Waals surface area (Å²) in [6, 6.07) is 6.56. The van der Waals surface area contributed by atoms with Crippen molar-refractivity contribution in [3.8, 4) is 0 Å². The first-order valence-electron chi connectivity index (χ1n) is 9.66. The molecule has 7 nitrogen and oxygen atoms in total. The number of amides is 1. The third-order valence-electron chi connectivity index (χ3n) is 5.18. The molecule has 2 aromatic rings. The van der Waals surface area contributed by atoms with E-state index >= 15 is 0 Å². The zero-order valence-electron chi connectivity index (χ0n) is 15.7. The van der Waals surface area contributed by atoms with Gasteiger partial charge in [0.15, 0.2) is 0 Å². The molecule has 1 amide bonds. The maximum Gasteiger partial charge on any atom is 0.271 e. The maximum absolute atomic E-state index is 13.1. The van der Waals surface area contributed by atoms with Crippen molar-refractivity contribution in [1.29, 1.82) is 0 Å². The Hall–Kier alpha value is -2.74. The number of anilines is 2. The second-order valence-corrected chi connectivity index (χ2v) is 7.06. The van der Waals surface area contributed by atoms with Crippen molar-refractivity contribution < 1.29 is 13.9 Å². The van der Waals surface area contributed by atoms with Gasteiger partial charge < -0.3 is 19.9 Å². The smallest absolute Gasteiger partial charge is 0.271 e. The number of benzene rings is 1. The molecule has 1 atom stereocenters. The highest BCUT2D eigenvalue weighted by atomic mass is 19.1. The minimum atomic E-state index is -0.226. The first-order valence-corrected chi connectivity index (χ1v) is 9.66. The van der Waals surface area contributed by atoms with Gasteiger partial charge in [0.25, 0.3) is 5.91 Å². The summed E-state index contributed by atoms with van der Waals surface area (Å²) in [7, 11) is 0. The summed E-state index contributed by atoms with van der Waals surface area (Å²) in [5.41, 5.74) is 1.33. The summed E-state index contributed by atoms with van der Waals surface area (Å²) >= 11 is 0. The van der Waals surface area contributed by atoms with Crippen LogP contribution in [0.2, 0.25) is 0 Å². The van der Waals surface area contributed by atoms with Gasteiger partial charge in [-0.2, -0.15) is 0 Å². The molecule has 3 heterocycles. The van der Waals surface area contributed by atoms with Crippen molar-refractivity contribution in [1.82, 2.24) is 15.3 Å². The summed E-state index contributed by atoms with van der Waals surface area (Å²) in [5.74, 6) is 0.308. The summed E-state index contributed by atoms with van der Waals surface area (Å²) < 4.78 is 18.6. The summed E-state index contributed by atoms with van der Waals surface area (Å²) in [4.78, 5) is 25.2. The molecule has 0 aliphatic carbocycles. The molecular formula is C20H24FN5O2. The van der Waals surface area contributed by atoms with Gasteiger partial charge in [0, 0.05) is 45.0 Å². The number of aromatic nitrogens is 2. The summed E-state index contributed by atoms with van der Waals surface area (Å²) in [6.07, 6.45) is 5.30. The van der Waals surface area contributed by atoms with Crippen molar-refractivity contribution in [3.05, 3.63) is 48.2 Å². The molecule has 2 fully saturated rings. The fraction of sp³-hybridized carbons (Fsp3) is 0.450. The number of nitrogens with one attached hydrogen (secondary N) is 1. The summed E-state index contributed by atoms with van der Waals surface area (Å²) in [5, 5.41) is 2.85.